The summed E-state index contributed by atoms with van der Waals surface area (Å²) in [6, 6.07) is 6.57. The lowest BCUT2D eigenvalue weighted by molar-refractivity contribution is 0.341. The van der Waals surface area contributed by atoms with Gasteiger partial charge in [0.25, 0.3) is 0 Å². The van der Waals surface area contributed by atoms with Gasteiger partial charge in [0.15, 0.2) is 0 Å². The van der Waals surface area contributed by atoms with Gasteiger partial charge in [-0.25, -0.2) is 0 Å². The molecule has 0 aliphatic heterocycles. The number of hydrogen-bond acceptors (Lipinski definition) is 0. The third kappa shape index (κ3) is 19.5. The molecule has 0 radical (unpaired) electrons. The van der Waals surface area contributed by atoms with E-state index in [-0.39, 0.29) is 0 Å². The van der Waals surface area contributed by atoms with Crippen LogP contribution in [0.3, 0.4) is 0 Å². The quantitative estimate of drug-likeness (QED) is 0.268. The largest absolute Gasteiger partial charge is 0.0693 e. The van der Waals surface area contributed by atoms with Crippen LogP contribution in [0.25, 0.3) is 0 Å². The van der Waals surface area contributed by atoms with Gasteiger partial charge in [0.1, 0.15) is 0 Å². The molecule has 0 unspecified atom stereocenters. The van der Waals surface area contributed by atoms with E-state index in [1.165, 1.54) is 44.4 Å². The predicted molar refractivity (Wildman–Crippen MR) is 178 cm³/mol. The first-order valence-corrected chi connectivity index (χ1v) is 24.1. The molecule has 0 heterocycles. The molecule has 220 valence electrons. The van der Waals surface area contributed by atoms with Crippen LogP contribution in [0.5, 0.6) is 0 Å². The highest BCUT2D eigenvalue weighted by Gasteiger charge is 2.33. The zero-order valence-electron chi connectivity index (χ0n) is 28.0. The fourth-order valence-corrected chi connectivity index (χ4v) is 15.1. The van der Waals surface area contributed by atoms with Crippen molar-refractivity contribution in [2.75, 3.05) is 0 Å². The first-order chi connectivity index (χ1) is 17.3. The third-order valence-corrected chi connectivity index (χ3v) is 15.2. The van der Waals surface area contributed by atoms with Gasteiger partial charge in [-0.05, 0) is 23.7 Å². The lowest BCUT2D eigenvalue weighted by Gasteiger charge is -2.34. The molecule has 0 spiro atoms. The normalized spacial score (nSPS) is 20.3. The summed E-state index contributed by atoms with van der Waals surface area (Å²) >= 11 is 0. The summed E-state index contributed by atoms with van der Waals surface area (Å²) in [5, 5.41) is 0. The van der Waals surface area contributed by atoms with E-state index in [0.29, 0.717) is 0 Å². The molecule has 0 aromatic rings. The molecule has 36 heavy (non-hydrogen) atoms. The van der Waals surface area contributed by atoms with Crippen molar-refractivity contribution in [1.29, 1.82) is 0 Å². The van der Waals surface area contributed by atoms with Crippen LogP contribution >= 0.6 is 0 Å². The summed E-state index contributed by atoms with van der Waals surface area (Å²) in [7, 11) is -1.59. The predicted octanol–water partition coefficient (Wildman–Crippen LogP) is 13.5. The van der Waals surface area contributed by atoms with Crippen LogP contribution < -0.4 is 0 Å². The summed E-state index contributed by atoms with van der Waals surface area (Å²) in [4.78, 5) is 0. The summed E-state index contributed by atoms with van der Waals surface area (Å²) < 4.78 is 0. The second-order valence-electron chi connectivity index (χ2n) is 13.0. The van der Waals surface area contributed by atoms with Crippen molar-refractivity contribution < 1.29 is 0 Å². The highest BCUT2D eigenvalue weighted by atomic mass is 28.3. The smallest absolute Gasteiger partial charge is 0.0479 e. The van der Waals surface area contributed by atoms with E-state index >= 15 is 0 Å². The summed E-state index contributed by atoms with van der Waals surface area (Å²) in [6.45, 7) is 26.6. The van der Waals surface area contributed by atoms with Gasteiger partial charge in [0.2, 0.25) is 0 Å². The number of rotatable bonds is 8. The Morgan fingerprint density at radius 3 is 0.778 bits per heavy atom. The summed E-state index contributed by atoms with van der Waals surface area (Å²) in [5.74, 6) is 4.58. The van der Waals surface area contributed by atoms with Gasteiger partial charge in [-0.3, -0.25) is 0 Å². The molecule has 4 fully saturated rings. The maximum atomic E-state index is 2.64. The first-order valence-electron chi connectivity index (χ1n) is 17.3. The zero-order chi connectivity index (χ0) is 28.0. The van der Waals surface area contributed by atoms with Crippen molar-refractivity contribution in [3.63, 3.8) is 0 Å². The van der Waals surface area contributed by atoms with Crippen molar-refractivity contribution in [3.05, 3.63) is 0 Å². The second-order valence-corrected chi connectivity index (χ2v) is 23.3. The van der Waals surface area contributed by atoms with Gasteiger partial charge in [-0.2, -0.15) is 0 Å². The Morgan fingerprint density at radius 1 is 0.333 bits per heavy atom. The van der Waals surface area contributed by atoms with Crippen molar-refractivity contribution >= 4 is 16.1 Å². The van der Waals surface area contributed by atoms with Gasteiger partial charge in [0.05, 0.1) is 0 Å². The van der Waals surface area contributed by atoms with Crippen LogP contribution in [0.2, 0.25) is 50.4 Å². The Hall–Kier alpha value is 0.434. The third-order valence-electron chi connectivity index (χ3n) is 8.49. The maximum absolute atomic E-state index is 2.64. The standard InChI is InChI=1S/2C13H26Si.4C2H6/c1-14(2,11-13-8-5-9-13)10-12-6-3-4-7-12;1-14(2,11-13-8-9-13)10-12-6-4-3-5-7-12;4*1-2/h2*12-13H,3-11H2,1-2H3;4*1-2H3. The molecule has 4 saturated carbocycles. The Morgan fingerprint density at radius 2 is 0.556 bits per heavy atom. The van der Waals surface area contributed by atoms with E-state index in [1.807, 2.05) is 55.4 Å². The van der Waals surface area contributed by atoms with E-state index < -0.39 is 16.1 Å². The lowest BCUT2D eigenvalue weighted by Crippen LogP contribution is -2.32. The monoisotopic (exact) mass is 541 g/mol. The van der Waals surface area contributed by atoms with Crippen LogP contribution in [0.4, 0.5) is 0 Å². The van der Waals surface area contributed by atoms with E-state index in [0.717, 1.165) is 17.8 Å². The summed E-state index contributed by atoms with van der Waals surface area (Å²) in [6.07, 6.45) is 21.6. The minimum Gasteiger partial charge on any atom is -0.0693 e. The Balaban J connectivity index is 0. The molecule has 0 N–H and O–H groups in total. The van der Waals surface area contributed by atoms with Crippen molar-refractivity contribution in [2.45, 2.75) is 196 Å². The van der Waals surface area contributed by atoms with Gasteiger partial charge in [-0.1, -0.05) is 196 Å². The molecule has 2 heteroatoms. The molecule has 4 aliphatic carbocycles. The fourth-order valence-electron chi connectivity index (χ4n) is 6.92. The molecule has 0 atom stereocenters. The van der Waals surface area contributed by atoms with Gasteiger partial charge in [-0.15, -0.1) is 0 Å². The van der Waals surface area contributed by atoms with Crippen molar-refractivity contribution in [1.82, 2.24) is 0 Å². The molecule has 0 aromatic carbocycles. The average molecular weight is 541 g/mol. The topological polar surface area (TPSA) is 0 Å². The number of hydrogen-bond donors (Lipinski definition) is 0. The van der Waals surface area contributed by atoms with Crippen molar-refractivity contribution in [3.8, 4) is 0 Å². The molecule has 0 aromatic heterocycles. The van der Waals surface area contributed by atoms with Crippen LogP contribution in [0, 0.1) is 23.7 Å². The Bertz CT molecular complexity index is 436. The van der Waals surface area contributed by atoms with E-state index in [1.54, 1.807) is 75.5 Å². The highest BCUT2D eigenvalue weighted by molar-refractivity contribution is 6.77. The van der Waals surface area contributed by atoms with E-state index in [4.69, 9.17) is 0 Å². The molecular formula is C34H76Si2. The molecule has 4 aliphatic rings. The molecule has 4 rings (SSSR count). The minimum absolute atomic E-state index is 0.791. The lowest BCUT2D eigenvalue weighted by atomic mass is 9.87. The first kappa shape index (κ1) is 38.6. The molecule has 0 saturated heterocycles. The fraction of sp³-hybridized carbons (Fsp3) is 1.00. The van der Waals surface area contributed by atoms with Crippen LogP contribution in [0.1, 0.15) is 145 Å². The van der Waals surface area contributed by atoms with Gasteiger partial charge >= 0.3 is 0 Å². The Labute approximate surface area is 235 Å². The van der Waals surface area contributed by atoms with Crippen LogP contribution in [-0.2, 0) is 0 Å². The van der Waals surface area contributed by atoms with Gasteiger partial charge in [0, 0.05) is 16.1 Å². The van der Waals surface area contributed by atoms with E-state index in [2.05, 4.69) is 26.2 Å². The van der Waals surface area contributed by atoms with Crippen molar-refractivity contribution in [2.24, 2.45) is 23.7 Å². The molecule has 0 nitrogen and oxygen atoms in total. The summed E-state index contributed by atoms with van der Waals surface area (Å²) in [5.41, 5.74) is 0. The Kier molecular flexibility index (Phi) is 25.0. The van der Waals surface area contributed by atoms with Gasteiger partial charge < -0.3 is 0 Å². The molecule has 0 amide bonds. The maximum Gasteiger partial charge on any atom is 0.0479 e. The van der Waals surface area contributed by atoms with Crippen LogP contribution in [0.15, 0.2) is 0 Å². The molecule has 0 bridgehead atoms. The molecular weight excluding hydrogens is 465 g/mol. The second kappa shape index (κ2) is 23.3. The van der Waals surface area contributed by atoms with E-state index in [9.17, 15) is 0 Å². The highest BCUT2D eigenvalue weighted by Crippen LogP contribution is 2.41. The SMILES string of the molecule is CC.CC.CC.CC.C[Si](C)(CC1CCCC1)CC1CCC1.C[Si](C)(CC1CCCCC1)CC1CC1. The minimum atomic E-state index is -0.801. The van der Waals surface area contributed by atoms with Crippen LogP contribution in [-0.4, -0.2) is 16.1 Å². The zero-order valence-corrected chi connectivity index (χ0v) is 30.0. The average Bonchev–Trinajstić information content (AvgIpc) is 3.53.